The smallest absolute Gasteiger partial charge is 0.160 e. The summed E-state index contributed by atoms with van der Waals surface area (Å²) in [6, 6.07) is 9.14. The van der Waals surface area contributed by atoms with Crippen LogP contribution in [0.2, 0.25) is 0 Å². The van der Waals surface area contributed by atoms with Gasteiger partial charge in [-0.3, -0.25) is 0 Å². The number of rotatable bonds is 4. The minimum Gasteiger partial charge on any atom is -0.386 e. The van der Waals surface area contributed by atoms with Crippen LogP contribution in [-0.2, 0) is 0 Å². The van der Waals surface area contributed by atoms with E-state index in [2.05, 4.69) is 5.32 Å². The summed E-state index contributed by atoms with van der Waals surface area (Å²) in [5, 5.41) is 12.5. The largest absolute Gasteiger partial charge is 0.386 e. The Morgan fingerprint density at radius 1 is 0.947 bits per heavy atom. The van der Waals surface area contributed by atoms with E-state index in [0.29, 0.717) is 5.69 Å². The van der Waals surface area contributed by atoms with Crippen molar-refractivity contribution in [1.82, 2.24) is 0 Å². The summed E-state index contributed by atoms with van der Waals surface area (Å²) in [6.07, 6.45) is -1.07. The number of aliphatic hydroxyl groups excluding tert-OH is 1. The average molecular weight is 267 g/mol. The molecule has 0 aliphatic carbocycles. The van der Waals surface area contributed by atoms with Crippen molar-refractivity contribution in [3.63, 3.8) is 0 Å². The van der Waals surface area contributed by atoms with Gasteiger partial charge >= 0.3 is 0 Å². The molecule has 100 valence electrons. The Kier molecular flexibility index (Phi) is 4.06. The molecule has 2 nitrogen and oxygen atoms in total. The van der Waals surface area contributed by atoms with Gasteiger partial charge in [0, 0.05) is 23.9 Å². The van der Waals surface area contributed by atoms with Crippen LogP contribution >= 0.6 is 0 Å². The molecule has 0 bridgehead atoms. The maximum absolute atomic E-state index is 13.4. The minimum atomic E-state index is -1.07. The molecule has 2 aromatic rings. The first-order valence-corrected chi connectivity index (χ1v) is 5.69. The molecule has 1 atom stereocenters. The molecule has 0 radical (unpaired) electrons. The van der Waals surface area contributed by atoms with Crippen LogP contribution in [0, 0.1) is 17.5 Å². The van der Waals surface area contributed by atoms with Gasteiger partial charge in [0.25, 0.3) is 0 Å². The van der Waals surface area contributed by atoms with Gasteiger partial charge in [0.2, 0.25) is 0 Å². The molecule has 19 heavy (non-hydrogen) atoms. The van der Waals surface area contributed by atoms with Crippen LogP contribution in [0.5, 0.6) is 0 Å². The van der Waals surface area contributed by atoms with E-state index >= 15 is 0 Å². The summed E-state index contributed by atoms with van der Waals surface area (Å²) in [5.41, 5.74) is 0.465. The lowest BCUT2D eigenvalue weighted by Crippen LogP contribution is -2.13. The fraction of sp³-hybridized carbons (Fsp3) is 0.143. The van der Waals surface area contributed by atoms with E-state index in [1.54, 1.807) is 6.07 Å². The predicted molar refractivity (Wildman–Crippen MR) is 66.2 cm³/mol. The van der Waals surface area contributed by atoms with Crippen molar-refractivity contribution in [1.29, 1.82) is 0 Å². The number of hydrogen-bond donors (Lipinski definition) is 2. The number of nitrogens with one attached hydrogen (secondary N) is 1. The fourth-order valence-electron chi connectivity index (χ4n) is 1.68. The van der Waals surface area contributed by atoms with E-state index < -0.39 is 23.6 Å². The Morgan fingerprint density at radius 3 is 2.37 bits per heavy atom. The standard InChI is InChI=1S/C14H12F3NO/c15-11-4-2-1-3-10(11)14(19)8-18-9-5-6-12(16)13(17)7-9/h1-7,14,18-19H,8H2. The predicted octanol–water partition coefficient (Wildman–Crippen LogP) is 3.25. The van der Waals surface area contributed by atoms with Crippen LogP contribution in [0.4, 0.5) is 18.9 Å². The molecule has 0 aliphatic heterocycles. The summed E-state index contributed by atoms with van der Waals surface area (Å²) in [4.78, 5) is 0. The lowest BCUT2D eigenvalue weighted by atomic mass is 10.1. The molecule has 0 fully saturated rings. The summed E-state index contributed by atoms with van der Waals surface area (Å²) in [7, 11) is 0. The molecule has 0 heterocycles. The van der Waals surface area contributed by atoms with Gasteiger partial charge in [-0.15, -0.1) is 0 Å². The van der Waals surface area contributed by atoms with Gasteiger partial charge in [-0.05, 0) is 18.2 Å². The summed E-state index contributed by atoms with van der Waals surface area (Å²) >= 11 is 0. The van der Waals surface area contributed by atoms with E-state index in [4.69, 9.17) is 0 Å². The second kappa shape index (κ2) is 5.75. The highest BCUT2D eigenvalue weighted by Crippen LogP contribution is 2.18. The normalized spacial score (nSPS) is 12.2. The molecule has 2 N–H and O–H groups in total. The number of hydrogen-bond acceptors (Lipinski definition) is 2. The molecule has 0 amide bonds. The molecule has 0 aromatic heterocycles. The molecule has 2 aromatic carbocycles. The van der Waals surface area contributed by atoms with Crippen LogP contribution in [0.15, 0.2) is 42.5 Å². The Balaban J connectivity index is 2.02. The molecule has 1 unspecified atom stereocenters. The first kappa shape index (κ1) is 13.4. The molecule has 2 rings (SSSR count). The fourth-order valence-corrected chi connectivity index (χ4v) is 1.68. The van der Waals surface area contributed by atoms with Crippen LogP contribution in [0.1, 0.15) is 11.7 Å². The third kappa shape index (κ3) is 3.26. The number of benzene rings is 2. The quantitative estimate of drug-likeness (QED) is 0.891. The van der Waals surface area contributed by atoms with E-state index in [9.17, 15) is 18.3 Å². The second-order valence-corrected chi connectivity index (χ2v) is 4.05. The Morgan fingerprint density at radius 2 is 1.68 bits per heavy atom. The monoisotopic (exact) mass is 267 g/mol. The molecule has 0 saturated heterocycles. The lowest BCUT2D eigenvalue weighted by Gasteiger charge is -2.14. The Bertz CT molecular complexity index is 574. The third-order valence-corrected chi connectivity index (χ3v) is 2.68. The highest BCUT2D eigenvalue weighted by atomic mass is 19.2. The van der Waals surface area contributed by atoms with E-state index in [0.717, 1.165) is 12.1 Å². The first-order valence-electron chi connectivity index (χ1n) is 5.69. The summed E-state index contributed by atoms with van der Waals surface area (Å²) in [6.45, 7) is -0.00793. The molecule has 0 spiro atoms. The zero-order chi connectivity index (χ0) is 13.8. The van der Waals surface area contributed by atoms with Gasteiger partial charge in [0.05, 0.1) is 6.10 Å². The maximum Gasteiger partial charge on any atom is 0.160 e. The van der Waals surface area contributed by atoms with Crippen molar-refractivity contribution >= 4 is 5.69 Å². The topological polar surface area (TPSA) is 32.3 Å². The SMILES string of the molecule is OC(CNc1ccc(F)c(F)c1)c1ccccc1F. The van der Waals surface area contributed by atoms with Crippen LogP contribution in [0.25, 0.3) is 0 Å². The first-order chi connectivity index (χ1) is 9.08. The highest BCUT2D eigenvalue weighted by Gasteiger charge is 2.12. The van der Waals surface area contributed by atoms with Crippen molar-refractivity contribution in [2.24, 2.45) is 0 Å². The van der Waals surface area contributed by atoms with E-state index in [-0.39, 0.29) is 12.1 Å². The van der Waals surface area contributed by atoms with Gasteiger partial charge in [-0.1, -0.05) is 18.2 Å². The van der Waals surface area contributed by atoms with Gasteiger partial charge in [-0.2, -0.15) is 0 Å². The zero-order valence-electron chi connectivity index (χ0n) is 9.91. The van der Waals surface area contributed by atoms with Crippen LogP contribution in [0.3, 0.4) is 0 Å². The molecule has 0 aliphatic rings. The lowest BCUT2D eigenvalue weighted by molar-refractivity contribution is 0.186. The van der Waals surface area contributed by atoms with Crippen molar-refractivity contribution in [3.8, 4) is 0 Å². The molecule has 5 heteroatoms. The number of halogens is 3. The minimum absolute atomic E-state index is 0.00793. The number of anilines is 1. The van der Waals surface area contributed by atoms with Crippen molar-refractivity contribution in [2.45, 2.75) is 6.10 Å². The Hall–Kier alpha value is -2.01. The highest BCUT2D eigenvalue weighted by molar-refractivity contribution is 5.43. The second-order valence-electron chi connectivity index (χ2n) is 4.05. The van der Waals surface area contributed by atoms with Crippen molar-refractivity contribution in [2.75, 3.05) is 11.9 Å². The van der Waals surface area contributed by atoms with Gasteiger partial charge in [0.15, 0.2) is 11.6 Å². The van der Waals surface area contributed by atoms with Gasteiger partial charge < -0.3 is 10.4 Å². The average Bonchev–Trinajstić information content (AvgIpc) is 2.40. The maximum atomic E-state index is 13.4. The third-order valence-electron chi connectivity index (χ3n) is 2.68. The van der Waals surface area contributed by atoms with Crippen LogP contribution < -0.4 is 5.32 Å². The molecular weight excluding hydrogens is 255 g/mol. The summed E-state index contributed by atoms with van der Waals surface area (Å²) in [5.74, 6) is -2.44. The molecular formula is C14H12F3NO. The van der Waals surface area contributed by atoms with Crippen molar-refractivity contribution < 1.29 is 18.3 Å². The van der Waals surface area contributed by atoms with Gasteiger partial charge in [-0.25, -0.2) is 13.2 Å². The van der Waals surface area contributed by atoms with Crippen LogP contribution in [-0.4, -0.2) is 11.7 Å². The zero-order valence-corrected chi connectivity index (χ0v) is 9.91. The number of aliphatic hydroxyl groups is 1. The summed E-state index contributed by atoms with van der Waals surface area (Å²) < 4.78 is 39.1. The Labute approximate surface area is 108 Å². The molecule has 0 saturated carbocycles. The van der Waals surface area contributed by atoms with Gasteiger partial charge in [0.1, 0.15) is 5.82 Å². The van der Waals surface area contributed by atoms with E-state index in [1.807, 2.05) is 0 Å². The van der Waals surface area contributed by atoms with Crippen molar-refractivity contribution in [3.05, 3.63) is 65.5 Å². The van der Waals surface area contributed by atoms with E-state index in [1.165, 1.54) is 24.3 Å².